The first-order chi connectivity index (χ1) is 14.1. The normalized spacial score (nSPS) is 18.7. The van der Waals surface area contributed by atoms with Crippen LogP contribution in [0.1, 0.15) is 40.7 Å². The Morgan fingerprint density at radius 1 is 1.13 bits per heavy atom. The van der Waals surface area contributed by atoms with Gasteiger partial charge in [-0.1, -0.05) is 17.7 Å². The minimum Gasteiger partial charge on any atom is -0.495 e. The zero-order valence-corrected chi connectivity index (χ0v) is 18.8. The van der Waals surface area contributed by atoms with Crippen molar-refractivity contribution in [1.82, 2.24) is 4.31 Å². The lowest BCUT2D eigenvalue weighted by atomic mass is 9.83. The molecule has 1 saturated heterocycles. The van der Waals surface area contributed by atoms with E-state index in [0.717, 1.165) is 11.1 Å². The van der Waals surface area contributed by atoms with Crippen molar-refractivity contribution in [2.75, 3.05) is 20.2 Å². The van der Waals surface area contributed by atoms with E-state index in [9.17, 15) is 13.2 Å². The average Bonchev–Trinajstić information content (AvgIpc) is 2.70. The topological polar surface area (TPSA) is 72.9 Å². The number of piperidine rings is 1. The summed E-state index contributed by atoms with van der Waals surface area (Å²) in [6.07, 6.45) is 1.10. The fraction of sp³-hybridized carbons (Fsp3) is 0.409. The van der Waals surface area contributed by atoms with Gasteiger partial charge in [0.2, 0.25) is 10.0 Å². The predicted molar refractivity (Wildman–Crippen MR) is 114 cm³/mol. The van der Waals surface area contributed by atoms with Crippen molar-refractivity contribution >= 4 is 27.4 Å². The van der Waals surface area contributed by atoms with Gasteiger partial charge in [-0.05, 0) is 49.2 Å². The van der Waals surface area contributed by atoms with E-state index in [1.807, 2.05) is 19.9 Å². The molecule has 0 atom stereocenters. The van der Waals surface area contributed by atoms with Crippen LogP contribution < -0.4 is 9.47 Å². The largest absolute Gasteiger partial charge is 0.495 e. The summed E-state index contributed by atoms with van der Waals surface area (Å²) in [5.41, 5.74) is 1.49. The molecule has 1 spiro atoms. The molecule has 0 amide bonds. The number of halogens is 1. The van der Waals surface area contributed by atoms with E-state index < -0.39 is 15.6 Å². The maximum absolute atomic E-state index is 13.3. The van der Waals surface area contributed by atoms with E-state index in [1.54, 1.807) is 24.3 Å². The first kappa shape index (κ1) is 21.2. The van der Waals surface area contributed by atoms with Crippen LogP contribution in [0.5, 0.6) is 11.5 Å². The number of ketones is 1. The number of hydrogen-bond acceptors (Lipinski definition) is 5. The number of carbonyl (C=O) groups is 1. The summed E-state index contributed by atoms with van der Waals surface area (Å²) in [6, 6.07) is 8.56. The van der Waals surface area contributed by atoms with Gasteiger partial charge in [0.1, 0.15) is 22.0 Å². The van der Waals surface area contributed by atoms with E-state index in [-0.39, 0.29) is 30.2 Å². The number of carbonyl (C=O) groups excluding carboxylic acids is 1. The highest BCUT2D eigenvalue weighted by atomic mass is 35.5. The van der Waals surface area contributed by atoms with Gasteiger partial charge in [-0.25, -0.2) is 8.42 Å². The summed E-state index contributed by atoms with van der Waals surface area (Å²) >= 11 is 6.16. The van der Waals surface area contributed by atoms with Crippen molar-refractivity contribution in [3.05, 3.63) is 52.0 Å². The van der Waals surface area contributed by atoms with Crippen LogP contribution >= 0.6 is 11.6 Å². The highest BCUT2D eigenvalue weighted by Crippen LogP contribution is 2.42. The van der Waals surface area contributed by atoms with Gasteiger partial charge in [0.15, 0.2) is 5.78 Å². The van der Waals surface area contributed by atoms with Crippen LogP contribution in [0.2, 0.25) is 5.02 Å². The number of fused-ring (bicyclic) bond motifs is 1. The molecule has 0 N–H and O–H groups in total. The molecule has 4 rings (SSSR count). The molecule has 30 heavy (non-hydrogen) atoms. The summed E-state index contributed by atoms with van der Waals surface area (Å²) in [5.74, 6) is 0.839. The molecule has 2 aliphatic heterocycles. The van der Waals surface area contributed by atoms with Crippen LogP contribution in [0.3, 0.4) is 0 Å². The number of aryl methyl sites for hydroxylation is 2. The average molecular weight is 450 g/mol. The zero-order chi connectivity index (χ0) is 21.7. The molecule has 2 aliphatic rings. The molecule has 160 valence electrons. The Bertz CT molecular complexity index is 1120. The molecule has 2 aromatic carbocycles. The number of sulfonamides is 1. The predicted octanol–water partition coefficient (Wildman–Crippen LogP) is 4.15. The summed E-state index contributed by atoms with van der Waals surface area (Å²) in [6.45, 7) is 4.25. The number of methoxy groups -OCH3 is 1. The third kappa shape index (κ3) is 3.59. The van der Waals surface area contributed by atoms with Gasteiger partial charge in [0.25, 0.3) is 0 Å². The van der Waals surface area contributed by atoms with Crippen LogP contribution in [-0.4, -0.2) is 44.3 Å². The van der Waals surface area contributed by atoms with E-state index in [0.29, 0.717) is 34.9 Å². The number of hydrogen-bond donors (Lipinski definition) is 0. The van der Waals surface area contributed by atoms with Crippen molar-refractivity contribution < 1.29 is 22.7 Å². The maximum atomic E-state index is 13.3. The van der Waals surface area contributed by atoms with Crippen molar-refractivity contribution in [3.8, 4) is 11.5 Å². The standard InChI is InChI=1S/C22H24ClNO5S/c1-14-4-5-19(28-3)21(10-14)30(26,27)24-8-6-22(7-9-24)13-18(25)16-12-17(23)15(2)11-20(16)29-22/h4-5,10-12H,6-9,13H2,1-3H3. The number of nitrogens with zero attached hydrogens (tertiary/aromatic N) is 1. The van der Waals surface area contributed by atoms with Crippen molar-refractivity contribution in [3.63, 3.8) is 0 Å². The molecule has 6 nitrogen and oxygen atoms in total. The van der Waals surface area contributed by atoms with Crippen molar-refractivity contribution in [2.24, 2.45) is 0 Å². The van der Waals surface area contributed by atoms with Gasteiger partial charge in [0, 0.05) is 31.0 Å². The Kier molecular flexibility index (Phi) is 5.33. The fourth-order valence-corrected chi connectivity index (χ4v) is 6.00. The van der Waals surface area contributed by atoms with Crippen LogP contribution in [0, 0.1) is 13.8 Å². The Balaban J connectivity index is 1.57. The molecule has 8 heteroatoms. The monoisotopic (exact) mass is 449 g/mol. The second-order valence-electron chi connectivity index (χ2n) is 8.04. The minimum absolute atomic E-state index is 0.0187. The van der Waals surface area contributed by atoms with Gasteiger partial charge in [-0.15, -0.1) is 0 Å². The fourth-order valence-electron chi connectivity index (χ4n) is 4.15. The Hall–Kier alpha value is -2.09. The van der Waals surface area contributed by atoms with Crippen LogP contribution in [0.15, 0.2) is 35.2 Å². The van der Waals surface area contributed by atoms with Crippen molar-refractivity contribution in [1.29, 1.82) is 0 Å². The molecule has 2 heterocycles. The highest BCUT2D eigenvalue weighted by Gasteiger charge is 2.45. The number of rotatable bonds is 3. The second-order valence-corrected chi connectivity index (χ2v) is 10.4. The quantitative estimate of drug-likeness (QED) is 0.703. The van der Waals surface area contributed by atoms with Gasteiger partial charge in [-0.2, -0.15) is 4.31 Å². The number of Topliss-reactive ketones (excluding diaryl/α,β-unsaturated/α-hetero) is 1. The first-order valence-electron chi connectivity index (χ1n) is 9.82. The summed E-state index contributed by atoms with van der Waals surface area (Å²) in [5, 5.41) is 0.537. The third-order valence-corrected chi connectivity index (χ3v) is 8.27. The molecular weight excluding hydrogens is 426 g/mol. The summed E-state index contributed by atoms with van der Waals surface area (Å²) in [7, 11) is -2.26. The first-order valence-corrected chi connectivity index (χ1v) is 11.6. The number of benzene rings is 2. The summed E-state index contributed by atoms with van der Waals surface area (Å²) < 4.78 is 39.5. The Morgan fingerprint density at radius 3 is 2.50 bits per heavy atom. The van der Waals surface area contributed by atoms with Crippen molar-refractivity contribution in [2.45, 2.75) is 43.6 Å². The smallest absolute Gasteiger partial charge is 0.246 e. The molecule has 0 unspecified atom stereocenters. The van der Waals surface area contributed by atoms with Crippen LogP contribution in [0.25, 0.3) is 0 Å². The molecule has 2 aromatic rings. The molecule has 1 fully saturated rings. The Labute approximate surface area is 181 Å². The lowest BCUT2D eigenvalue weighted by Crippen LogP contribution is -2.52. The molecule has 0 aliphatic carbocycles. The number of ether oxygens (including phenoxy) is 2. The summed E-state index contributed by atoms with van der Waals surface area (Å²) in [4.78, 5) is 12.9. The van der Waals surface area contributed by atoms with Gasteiger partial charge in [0.05, 0.1) is 19.1 Å². The molecule has 0 aromatic heterocycles. The third-order valence-electron chi connectivity index (χ3n) is 5.94. The zero-order valence-electron chi connectivity index (χ0n) is 17.2. The van der Waals surface area contributed by atoms with E-state index in [1.165, 1.54) is 11.4 Å². The molecule has 0 radical (unpaired) electrons. The van der Waals surface area contributed by atoms with E-state index in [2.05, 4.69) is 0 Å². The SMILES string of the molecule is COc1ccc(C)cc1S(=O)(=O)N1CCC2(CC1)CC(=O)c1cc(Cl)c(C)cc1O2. The van der Waals surface area contributed by atoms with Gasteiger partial charge in [-0.3, -0.25) is 4.79 Å². The molecular formula is C22H24ClNO5S. The van der Waals surface area contributed by atoms with Gasteiger partial charge >= 0.3 is 0 Å². The minimum atomic E-state index is -3.72. The maximum Gasteiger partial charge on any atom is 0.246 e. The molecule has 0 saturated carbocycles. The van der Waals surface area contributed by atoms with Crippen LogP contribution in [0.4, 0.5) is 0 Å². The molecule has 0 bridgehead atoms. The van der Waals surface area contributed by atoms with Crippen LogP contribution in [-0.2, 0) is 10.0 Å². The van der Waals surface area contributed by atoms with Gasteiger partial charge < -0.3 is 9.47 Å². The lowest BCUT2D eigenvalue weighted by Gasteiger charge is -2.43. The van der Waals surface area contributed by atoms with E-state index in [4.69, 9.17) is 21.1 Å². The Morgan fingerprint density at radius 2 is 1.83 bits per heavy atom. The highest BCUT2D eigenvalue weighted by molar-refractivity contribution is 7.89. The second kappa shape index (κ2) is 7.55. The lowest BCUT2D eigenvalue weighted by molar-refractivity contribution is 0.00587. The van der Waals surface area contributed by atoms with E-state index >= 15 is 0 Å².